The summed E-state index contributed by atoms with van der Waals surface area (Å²) in [5.74, 6) is -0.149. The van der Waals surface area contributed by atoms with E-state index in [1.54, 1.807) is 12.1 Å². The zero-order chi connectivity index (χ0) is 18.4. The molecular weight excluding hydrogens is 349 g/mol. The van der Waals surface area contributed by atoms with E-state index in [4.69, 9.17) is 11.6 Å². The molecule has 2 aromatic rings. The van der Waals surface area contributed by atoms with Gasteiger partial charge in [-0.3, -0.25) is 0 Å². The molecule has 1 N–H and O–H groups in total. The molecule has 0 saturated carbocycles. The Labute approximate surface area is 160 Å². The Hall–Kier alpha value is -1.62. The summed E-state index contributed by atoms with van der Waals surface area (Å²) in [4.78, 5) is 4.63. The molecule has 0 aromatic heterocycles. The second-order valence-electron chi connectivity index (χ2n) is 6.97. The Morgan fingerprint density at radius 3 is 2.50 bits per heavy atom. The highest BCUT2D eigenvalue weighted by atomic mass is 35.5. The molecule has 0 spiro atoms. The molecule has 0 atom stereocenters. The number of rotatable bonds is 7. The summed E-state index contributed by atoms with van der Waals surface area (Å²) in [7, 11) is 2.14. The van der Waals surface area contributed by atoms with Crippen molar-refractivity contribution in [2.45, 2.75) is 19.4 Å². The molecular formula is C21H27ClFN3. The van der Waals surface area contributed by atoms with Crippen LogP contribution in [0, 0.1) is 5.82 Å². The second-order valence-corrected chi connectivity index (χ2v) is 7.41. The van der Waals surface area contributed by atoms with Gasteiger partial charge in [-0.1, -0.05) is 29.8 Å². The van der Waals surface area contributed by atoms with Crippen molar-refractivity contribution in [1.29, 1.82) is 0 Å². The lowest BCUT2D eigenvalue weighted by Gasteiger charge is -2.35. The van der Waals surface area contributed by atoms with Gasteiger partial charge in [0.2, 0.25) is 0 Å². The Kier molecular flexibility index (Phi) is 6.89. The third-order valence-electron chi connectivity index (χ3n) is 4.93. The summed E-state index contributed by atoms with van der Waals surface area (Å²) in [6.45, 7) is 5.74. The lowest BCUT2D eigenvalue weighted by molar-refractivity contribution is 0.312. The highest BCUT2D eigenvalue weighted by Gasteiger charge is 2.17. The minimum absolute atomic E-state index is 0.149. The van der Waals surface area contributed by atoms with Crippen LogP contribution in [0.3, 0.4) is 0 Å². The maximum absolute atomic E-state index is 13.8. The van der Waals surface area contributed by atoms with Crippen LogP contribution in [-0.4, -0.2) is 44.7 Å². The van der Waals surface area contributed by atoms with Crippen molar-refractivity contribution in [3.05, 3.63) is 64.4 Å². The van der Waals surface area contributed by atoms with E-state index in [1.807, 2.05) is 30.3 Å². The predicted octanol–water partition coefficient (Wildman–Crippen LogP) is 3.95. The Morgan fingerprint density at radius 1 is 1.04 bits per heavy atom. The number of nitrogens with zero attached hydrogens (tertiary/aromatic N) is 2. The number of halogens is 2. The first kappa shape index (κ1) is 19.2. The monoisotopic (exact) mass is 375 g/mol. The Morgan fingerprint density at radius 2 is 1.77 bits per heavy atom. The van der Waals surface area contributed by atoms with Crippen molar-refractivity contribution in [2.24, 2.45) is 0 Å². The highest BCUT2D eigenvalue weighted by Crippen LogP contribution is 2.24. The van der Waals surface area contributed by atoms with Gasteiger partial charge < -0.3 is 15.1 Å². The molecule has 0 aliphatic carbocycles. The van der Waals surface area contributed by atoms with Gasteiger partial charge in [-0.15, -0.1) is 0 Å². The van der Waals surface area contributed by atoms with E-state index in [0.29, 0.717) is 0 Å². The fourth-order valence-electron chi connectivity index (χ4n) is 3.33. The van der Waals surface area contributed by atoms with E-state index in [-0.39, 0.29) is 5.82 Å². The standard InChI is InChI=1S/C21H27ClFN3/c1-25-11-13-26(14-12-25)21-15-20(23)9-6-18(21)3-2-10-24-16-17-4-7-19(22)8-5-17/h4-9,15,24H,2-3,10-14,16H2,1H3. The van der Waals surface area contributed by atoms with Gasteiger partial charge in [-0.25, -0.2) is 4.39 Å². The molecule has 3 rings (SSSR count). The zero-order valence-electron chi connectivity index (χ0n) is 15.3. The summed E-state index contributed by atoms with van der Waals surface area (Å²) in [6, 6.07) is 13.1. The first-order chi connectivity index (χ1) is 12.6. The first-order valence-corrected chi connectivity index (χ1v) is 9.67. The molecule has 1 fully saturated rings. The highest BCUT2D eigenvalue weighted by molar-refractivity contribution is 6.30. The molecule has 0 radical (unpaired) electrons. The van der Waals surface area contributed by atoms with Gasteiger partial charge in [0.25, 0.3) is 0 Å². The number of likely N-dealkylation sites (N-methyl/N-ethyl adjacent to an activating group) is 1. The van der Waals surface area contributed by atoms with Gasteiger partial charge in [-0.05, 0) is 61.8 Å². The molecule has 140 valence electrons. The van der Waals surface area contributed by atoms with Crippen LogP contribution < -0.4 is 10.2 Å². The van der Waals surface area contributed by atoms with Crippen LogP contribution in [0.2, 0.25) is 5.02 Å². The average molecular weight is 376 g/mol. The molecule has 1 saturated heterocycles. The van der Waals surface area contributed by atoms with Gasteiger partial charge in [0.05, 0.1) is 0 Å². The summed E-state index contributed by atoms with van der Waals surface area (Å²) in [5, 5.41) is 4.24. The molecule has 0 unspecified atom stereocenters. The van der Waals surface area contributed by atoms with Crippen molar-refractivity contribution in [2.75, 3.05) is 44.7 Å². The number of nitrogens with one attached hydrogen (secondary N) is 1. The van der Waals surface area contributed by atoms with Crippen molar-refractivity contribution in [3.8, 4) is 0 Å². The van der Waals surface area contributed by atoms with Crippen molar-refractivity contribution >= 4 is 17.3 Å². The third kappa shape index (κ3) is 5.44. The van der Waals surface area contributed by atoms with E-state index in [9.17, 15) is 4.39 Å². The average Bonchev–Trinajstić information content (AvgIpc) is 2.65. The maximum Gasteiger partial charge on any atom is 0.125 e. The number of anilines is 1. The molecule has 5 heteroatoms. The second kappa shape index (κ2) is 9.36. The quantitative estimate of drug-likeness (QED) is 0.739. The number of hydrogen-bond acceptors (Lipinski definition) is 3. The topological polar surface area (TPSA) is 18.5 Å². The number of benzene rings is 2. The fraction of sp³-hybridized carbons (Fsp3) is 0.429. The van der Waals surface area contributed by atoms with Gasteiger partial charge in [0, 0.05) is 43.4 Å². The molecule has 1 heterocycles. The van der Waals surface area contributed by atoms with E-state index >= 15 is 0 Å². The summed E-state index contributed by atoms with van der Waals surface area (Å²) < 4.78 is 13.8. The smallest absolute Gasteiger partial charge is 0.125 e. The van der Waals surface area contributed by atoms with Crippen molar-refractivity contribution < 1.29 is 4.39 Å². The molecule has 1 aliphatic heterocycles. The summed E-state index contributed by atoms with van der Waals surface area (Å²) in [5.41, 5.74) is 3.54. The van der Waals surface area contributed by atoms with Crippen molar-refractivity contribution in [1.82, 2.24) is 10.2 Å². The van der Waals surface area contributed by atoms with Crippen LogP contribution in [0.4, 0.5) is 10.1 Å². The fourth-order valence-corrected chi connectivity index (χ4v) is 3.45. The van der Waals surface area contributed by atoms with Crippen LogP contribution in [0.25, 0.3) is 0 Å². The molecule has 1 aliphatic rings. The van der Waals surface area contributed by atoms with E-state index in [2.05, 4.69) is 22.2 Å². The first-order valence-electron chi connectivity index (χ1n) is 9.29. The lowest BCUT2D eigenvalue weighted by atomic mass is 10.1. The van der Waals surface area contributed by atoms with Crippen molar-refractivity contribution in [3.63, 3.8) is 0 Å². The van der Waals surface area contributed by atoms with Gasteiger partial charge >= 0.3 is 0 Å². The SMILES string of the molecule is CN1CCN(c2cc(F)ccc2CCCNCc2ccc(Cl)cc2)CC1. The van der Waals surface area contributed by atoms with Crippen LogP contribution in [-0.2, 0) is 13.0 Å². The van der Waals surface area contributed by atoms with Gasteiger partial charge in [0.1, 0.15) is 5.82 Å². The number of piperazine rings is 1. The lowest BCUT2D eigenvalue weighted by Crippen LogP contribution is -2.44. The molecule has 3 nitrogen and oxygen atoms in total. The number of hydrogen-bond donors (Lipinski definition) is 1. The van der Waals surface area contributed by atoms with Crippen LogP contribution >= 0.6 is 11.6 Å². The Balaban J connectivity index is 1.50. The van der Waals surface area contributed by atoms with E-state index in [0.717, 1.165) is 62.8 Å². The predicted molar refractivity (Wildman–Crippen MR) is 108 cm³/mol. The third-order valence-corrected chi connectivity index (χ3v) is 5.19. The molecule has 26 heavy (non-hydrogen) atoms. The largest absolute Gasteiger partial charge is 0.369 e. The molecule has 0 bridgehead atoms. The van der Waals surface area contributed by atoms with Gasteiger partial charge in [-0.2, -0.15) is 0 Å². The maximum atomic E-state index is 13.8. The number of aryl methyl sites for hydroxylation is 1. The molecule has 2 aromatic carbocycles. The van der Waals surface area contributed by atoms with Gasteiger partial charge in [0.15, 0.2) is 0 Å². The normalized spacial score (nSPS) is 15.4. The minimum Gasteiger partial charge on any atom is -0.369 e. The van der Waals surface area contributed by atoms with Crippen LogP contribution in [0.1, 0.15) is 17.5 Å². The minimum atomic E-state index is -0.149. The van der Waals surface area contributed by atoms with E-state index < -0.39 is 0 Å². The van der Waals surface area contributed by atoms with Crippen LogP contribution in [0.15, 0.2) is 42.5 Å². The van der Waals surface area contributed by atoms with E-state index in [1.165, 1.54) is 11.1 Å². The summed E-state index contributed by atoms with van der Waals surface area (Å²) >= 11 is 5.91. The van der Waals surface area contributed by atoms with Crippen LogP contribution in [0.5, 0.6) is 0 Å². The Bertz CT molecular complexity index is 697. The zero-order valence-corrected chi connectivity index (χ0v) is 16.1. The molecule has 0 amide bonds. The summed E-state index contributed by atoms with van der Waals surface area (Å²) in [6.07, 6.45) is 1.98.